The van der Waals surface area contributed by atoms with Gasteiger partial charge in [0.25, 0.3) is 5.91 Å². The highest BCUT2D eigenvalue weighted by Gasteiger charge is 2.31. The summed E-state index contributed by atoms with van der Waals surface area (Å²) in [6, 6.07) is 17.0. The van der Waals surface area contributed by atoms with E-state index < -0.39 is 0 Å². The van der Waals surface area contributed by atoms with Crippen LogP contribution in [-0.2, 0) is 11.3 Å². The topological polar surface area (TPSA) is 59.8 Å². The Labute approximate surface area is 163 Å². The zero-order chi connectivity index (χ0) is 19.5. The largest absolute Gasteiger partial charge is 0.451 e. The lowest BCUT2D eigenvalue weighted by molar-refractivity contribution is 0.0621. The summed E-state index contributed by atoms with van der Waals surface area (Å²) in [6.45, 7) is 1.41. The molecule has 28 heavy (non-hydrogen) atoms. The van der Waals surface area contributed by atoms with Crippen molar-refractivity contribution in [3.05, 3.63) is 71.5 Å². The fraction of sp³-hybridized carbons (Fsp3) is 0.304. The number of ketones is 1. The third-order valence-corrected chi connectivity index (χ3v) is 5.39. The molecule has 0 saturated carbocycles. The van der Waals surface area contributed by atoms with Crippen molar-refractivity contribution in [3.63, 3.8) is 0 Å². The minimum Gasteiger partial charge on any atom is -0.451 e. The van der Waals surface area contributed by atoms with Crippen LogP contribution in [0.15, 0.2) is 59.0 Å². The van der Waals surface area contributed by atoms with E-state index in [1.165, 1.54) is 0 Å². The van der Waals surface area contributed by atoms with E-state index in [0.29, 0.717) is 43.9 Å². The van der Waals surface area contributed by atoms with Crippen LogP contribution in [0.25, 0.3) is 11.0 Å². The van der Waals surface area contributed by atoms with E-state index >= 15 is 0 Å². The van der Waals surface area contributed by atoms with Crippen molar-refractivity contribution >= 4 is 22.7 Å². The molecule has 0 aliphatic carbocycles. The maximum Gasteiger partial charge on any atom is 0.289 e. The molecule has 0 spiro atoms. The fourth-order valence-corrected chi connectivity index (χ4v) is 3.89. The number of Topliss-reactive ketones (excluding diaryl/α,β-unsaturated/α-hetero) is 1. The number of carbonyl (C=O) groups is 2. The summed E-state index contributed by atoms with van der Waals surface area (Å²) in [5.74, 6) is 0.335. The average molecular weight is 377 g/mol. The highest BCUT2D eigenvalue weighted by atomic mass is 16.5. The van der Waals surface area contributed by atoms with Crippen molar-refractivity contribution in [2.45, 2.75) is 19.4 Å². The molecule has 1 fully saturated rings. The molecule has 5 nitrogen and oxygen atoms in total. The Morgan fingerprint density at radius 2 is 1.71 bits per heavy atom. The van der Waals surface area contributed by atoms with Crippen LogP contribution in [0.1, 0.15) is 39.3 Å². The molecule has 0 N–H and O–H groups in total. The van der Waals surface area contributed by atoms with Crippen LogP contribution < -0.4 is 0 Å². The average Bonchev–Trinajstić information content (AvgIpc) is 3.12. The normalized spacial score (nSPS) is 15.1. The zero-order valence-electron chi connectivity index (χ0n) is 15.9. The number of hydrogen-bond donors (Lipinski definition) is 0. The number of ether oxygens (including phenoxy) is 1. The van der Waals surface area contributed by atoms with Crippen LogP contribution in [0.2, 0.25) is 0 Å². The van der Waals surface area contributed by atoms with Gasteiger partial charge >= 0.3 is 0 Å². The second kappa shape index (κ2) is 7.98. The summed E-state index contributed by atoms with van der Waals surface area (Å²) in [5.41, 5.74) is 2.21. The highest BCUT2D eigenvalue weighted by molar-refractivity contribution is 6.00. The van der Waals surface area contributed by atoms with E-state index in [-0.39, 0.29) is 17.6 Å². The van der Waals surface area contributed by atoms with Crippen molar-refractivity contribution in [2.24, 2.45) is 5.92 Å². The molecule has 1 saturated heterocycles. The number of methoxy groups -OCH3 is 1. The lowest BCUT2D eigenvalue weighted by atomic mass is 9.89. The molecule has 0 atom stereocenters. The van der Waals surface area contributed by atoms with Gasteiger partial charge in [0, 0.05) is 42.6 Å². The summed E-state index contributed by atoms with van der Waals surface area (Å²) in [6.07, 6.45) is 1.33. The molecular formula is C23H23NO4. The first-order valence-corrected chi connectivity index (χ1v) is 9.57. The molecule has 0 bridgehead atoms. The van der Waals surface area contributed by atoms with E-state index in [9.17, 15) is 9.59 Å². The summed E-state index contributed by atoms with van der Waals surface area (Å²) < 4.78 is 11.2. The molecule has 1 aromatic heterocycles. The van der Waals surface area contributed by atoms with Gasteiger partial charge in [-0.25, -0.2) is 0 Å². The van der Waals surface area contributed by atoms with Gasteiger partial charge < -0.3 is 14.1 Å². The van der Waals surface area contributed by atoms with Crippen LogP contribution in [0.3, 0.4) is 0 Å². The zero-order valence-corrected chi connectivity index (χ0v) is 15.9. The van der Waals surface area contributed by atoms with Gasteiger partial charge in [0.05, 0.1) is 6.61 Å². The molecule has 144 valence electrons. The van der Waals surface area contributed by atoms with E-state index in [4.69, 9.17) is 9.15 Å². The molecule has 4 rings (SSSR count). The van der Waals surface area contributed by atoms with E-state index in [1.54, 1.807) is 12.0 Å². The number of amides is 1. The lowest BCUT2D eigenvalue weighted by Gasteiger charge is -2.31. The van der Waals surface area contributed by atoms with Gasteiger partial charge in [-0.3, -0.25) is 9.59 Å². The van der Waals surface area contributed by atoms with Gasteiger partial charge in [0.15, 0.2) is 11.5 Å². The van der Waals surface area contributed by atoms with E-state index in [0.717, 1.165) is 16.5 Å². The molecule has 1 aliphatic rings. The van der Waals surface area contributed by atoms with Crippen LogP contribution in [0, 0.1) is 5.92 Å². The number of furan rings is 1. The fourth-order valence-electron chi connectivity index (χ4n) is 3.89. The first-order valence-electron chi connectivity index (χ1n) is 9.57. The Hall–Kier alpha value is -2.92. The van der Waals surface area contributed by atoms with Gasteiger partial charge in [-0.05, 0) is 18.9 Å². The maximum absolute atomic E-state index is 13.1. The monoisotopic (exact) mass is 377 g/mol. The van der Waals surface area contributed by atoms with E-state index in [1.807, 2.05) is 54.6 Å². The summed E-state index contributed by atoms with van der Waals surface area (Å²) in [7, 11) is 1.61. The van der Waals surface area contributed by atoms with Crippen LogP contribution in [0.5, 0.6) is 0 Å². The van der Waals surface area contributed by atoms with Crippen LogP contribution in [-0.4, -0.2) is 36.8 Å². The Bertz CT molecular complexity index is 984. The molecule has 0 radical (unpaired) electrons. The second-order valence-corrected chi connectivity index (χ2v) is 7.14. The number of carbonyl (C=O) groups excluding carboxylic acids is 2. The second-order valence-electron chi connectivity index (χ2n) is 7.14. The standard InChI is InChI=1S/C23H23NO4/c1-27-15-19-18-9-5-6-10-20(18)28-22(19)23(26)24-13-11-17(12-14-24)21(25)16-7-3-2-4-8-16/h2-10,17H,11-15H2,1H3. The molecule has 0 unspecified atom stereocenters. The van der Waals surface area contributed by atoms with E-state index in [2.05, 4.69) is 0 Å². The van der Waals surface area contributed by atoms with Crippen molar-refractivity contribution in [3.8, 4) is 0 Å². The first kappa shape index (κ1) is 18.4. The molecule has 1 amide bonds. The van der Waals surface area contributed by atoms with Crippen molar-refractivity contribution in [1.29, 1.82) is 0 Å². The minimum absolute atomic E-state index is 0.0411. The van der Waals surface area contributed by atoms with Gasteiger partial charge in [0.1, 0.15) is 5.58 Å². The molecular weight excluding hydrogens is 354 g/mol. The smallest absolute Gasteiger partial charge is 0.289 e. The summed E-state index contributed by atoms with van der Waals surface area (Å²) in [4.78, 5) is 27.6. The van der Waals surface area contributed by atoms with Crippen molar-refractivity contribution in [1.82, 2.24) is 4.90 Å². The highest BCUT2D eigenvalue weighted by Crippen LogP contribution is 2.29. The third-order valence-electron chi connectivity index (χ3n) is 5.39. The van der Waals surface area contributed by atoms with Gasteiger partial charge in [0.2, 0.25) is 0 Å². The summed E-state index contributed by atoms with van der Waals surface area (Å²) >= 11 is 0. The molecule has 3 aromatic rings. The Morgan fingerprint density at radius 1 is 1.04 bits per heavy atom. The molecule has 2 aromatic carbocycles. The van der Waals surface area contributed by atoms with Gasteiger partial charge in [-0.15, -0.1) is 0 Å². The van der Waals surface area contributed by atoms with Crippen molar-refractivity contribution in [2.75, 3.05) is 20.2 Å². The summed E-state index contributed by atoms with van der Waals surface area (Å²) in [5, 5.41) is 0.904. The minimum atomic E-state index is -0.131. The first-order chi connectivity index (χ1) is 13.7. The number of para-hydroxylation sites is 1. The lowest BCUT2D eigenvalue weighted by Crippen LogP contribution is -2.40. The Balaban J connectivity index is 1.49. The maximum atomic E-state index is 13.1. The Morgan fingerprint density at radius 3 is 2.43 bits per heavy atom. The van der Waals surface area contributed by atoms with Gasteiger partial charge in [-0.2, -0.15) is 0 Å². The number of likely N-dealkylation sites (tertiary alicyclic amines) is 1. The molecule has 5 heteroatoms. The number of nitrogens with zero attached hydrogens (tertiary/aromatic N) is 1. The predicted octanol–water partition coefficient (Wildman–Crippen LogP) is 4.31. The van der Waals surface area contributed by atoms with Crippen molar-refractivity contribution < 1.29 is 18.7 Å². The number of rotatable bonds is 5. The predicted molar refractivity (Wildman–Crippen MR) is 106 cm³/mol. The third kappa shape index (κ3) is 3.45. The number of benzene rings is 2. The number of fused-ring (bicyclic) bond motifs is 1. The Kier molecular flexibility index (Phi) is 5.26. The van der Waals surface area contributed by atoms with Crippen LogP contribution in [0.4, 0.5) is 0 Å². The quantitative estimate of drug-likeness (QED) is 0.622. The van der Waals surface area contributed by atoms with Gasteiger partial charge in [-0.1, -0.05) is 48.5 Å². The molecule has 1 aliphatic heterocycles. The SMILES string of the molecule is COCc1c(C(=O)N2CCC(C(=O)c3ccccc3)CC2)oc2ccccc12. The molecule has 2 heterocycles. The number of hydrogen-bond acceptors (Lipinski definition) is 4. The van der Waals surface area contributed by atoms with Crippen LogP contribution >= 0.6 is 0 Å². The number of piperidine rings is 1.